The summed E-state index contributed by atoms with van der Waals surface area (Å²) in [6.45, 7) is 8.20. The number of imide groups is 1. The molecule has 0 aromatic heterocycles. The predicted molar refractivity (Wildman–Crippen MR) is 132 cm³/mol. The largest absolute Gasteiger partial charge is 0.350 e. The maximum atomic E-state index is 13.2. The van der Waals surface area contributed by atoms with Crippen molar-refractivity contribution in [3.05, 3.63) is 35.4 Å². The number of nitrogens with one attached hydrogen (secondary N) is 2. The third-order valence-corrected chi connectivity index (χ3v) is 8.46. The lowest BCUT2D eigenvalue weighted by atomic mass is 9.65. The number of likely N-dealkylation sites (tertiary alicyclic amines) is 1. The molecule has 1 aromatic rings. The quantitative estimate of drug-likeness (QED) is 0.582. The first-order valence-corrected chi connectivity index (χ1v) is 12.9. The second kappa shape index (κ2) is 9.99. The van der Waals surface area contributed by atoms with Crippen LogP contribution in [0.15, 0.2) is 24.3 Å². The molecule has 190 valence electrons. The molecular formula is C27H38N4O4. The summed E-state index contributed by atoms with van der Waals surface area (Å²) in [6, 6.07) is 6.74. The molecule has 2 N–H and O–H groups in total. The van der Waals surface area contributed by atoms with Gasteiger partial charge in [0, 0.05) is 25.2 Å². The van der Waals surface area contributed by atoms with Crippen LogP contribution in [0.4, 0.5) is 4.79 Å². The third-order valence-electron chi connectivity index (χ3n) is 8.46. The molecule has 1 saturated carbocycles. The highest BCUT2D eigenvalue weighted by molar-refractivity contribution is 6.09. The summed E-state index contributed by atoms with van der Waals surface area (Å²) in [5, 5.41) is 5.69. The Morgan fingerprint density at radius 1 is 1.14 bits per heavy atom. The first kappa shape index (κ1) is 25.2. The highest BCUT2D eigenvalue weighted by atomic mass is 16.2. The average Bonchev–Trinajstić information content (AvgIpc) is 3.47. The fourth-order valence-electron chi connectivity index (χ4n) is 5.66. The van der Waals surface area contributed by atoms with Gasteiger partial charge in [-0.1, -0.05) is 39.3 Å². The van der Waals surface area contributed by atoms with Crippen LogP contribution in [-0.2, 0) is 16.1 Å². The topological polar surface area (TPSA) is 98.8 Å². The van der Waals surface area contributed by atoms with Gasteiger partial charge in [-0.3, -0.25) is 19.3 Å². The summed E-state index contributed by atoms with van der Waals surface area (Å²) in [7, 11) is 0. The monoisotopic (exact) mass is 482 g/mol. The maximum absolute atomic E-state index is 13.2. The molecule has 3 aliphatic rings. The van der Waals surface area contributed by atoms with E-state index < -0.39 is 17.5 Å². The van der Waals surface area contributed by atoms with E-state index in [2.05, 4.69) is 31.4 Å². The molecule has 1 aliphatic carbocycles. The minimum absolute atomic E-state index is 0.0114. The lowest BCUT2D eigenvalue weighted by Gasteiger charge is -2.42. The summed E-state index contributed by atoms with van der Waals surface area (Å²) in [6.07, 6.45) is 6.14. The number of carbonyl (C=O) groups is 4. The molecule has 35 heavy (non-hydrogen) atoms. The van der Waals surface area contributed by atoms with Gasteiger partial charge in [0.05, 0.1) is 0 Å². The Kier molecular flexibility index (Phi) is 7.20. The molecule has 1 aromatic carbocycles. The van der Waals surface area contributed by atoms with Gasteiger partial charge < -0.3 is 15.5 Å². The molecule has 0 bridgehead atoms. The van der Waals surface area contributed by atoms with E-state index >= 15 is 0 Å². The molecule has 0 radical (unpaired) electrons. The van der Waals surface area contributed by atoms with Gasteiger partial charge in [-0.25, -0.2) is 4.79 Å². The molecule has 0 unspecified atom stereocenters. The molecule has 8 nitrogen and oxygen atoms in total. The van der Waals surface area contributed by atoms with E-state index in [9.17, 15) is 19.2 Å². The van der Waals surface area contributed by atoms with Crippen molar-refractivity contribution in [1.82, 2.24) is 20.4 Å². The Morgan fingerprint density at radius 2 is 1.83 bits per heavy atom. The predicted octanol–water partition coefficient (Wildman–Crippen LogP) is 3.46. The van der Waals surface area contributed by atoms with Gasteiger partial charge in [0.25, 0.3) is 11.8 Å². The van der Waals surface area contributed by atoms with Crippen molar-refractivity contribution in [2.45, 2.75) is 77.8 Å². The second-order valence-corrected chi connectivity index (χ2v) is 11.0. The van der Waals surface area contributed by atoms with Crippen LogP contribution in [0.2, 0.25) is 0 Å². The van der Waals surface area contributed by atoms with Gasteiger partial charge in [-0.2, -0.15) is 0 Å². The summed E-state index contributed by atoms with van der Waals surface area (Å²) < 4.78 is 0. The molecule has 2 saturated heterocycles. The Balaban J connectivity index is 1.31. The average molecular weight is 483 g/mol. The van der Waals surface area contributed by atoms with Crippen LogP contribution < -0.4 is 10.6 Å². The lowest BCUT2D eigenvalue weighted by molar-refractivity contribution is -0.136. The van der Waals surface area contributed by atoms with Crippen molar-refractivity contribution in [3.8, 4) is 0 Å². The number of benzene rings is 1. The van der Waals surface area contributed by atoms with Crippen LogP contribution in [0.1, 0.15) is 81.6 Å². The summed E-state index contributed by atoms with van der Waals surface area (Å²) >= 11 is 0. The van der Waals surface area contributed by atoms with Crippen LogP contribution in [0.5, 0.6) is 0 Å². The van der Waals surface area contributed by atoms with E-state index in [1.807, 2.05) is 17.0 Å². The molecule has 8 heteroatoms. The van der Waals surface area contributed by atoms with Gasteiger partial charge in [0.15, 0.2) is 0 Å². The Labute approximate surface area is 207 Å². The van der Waals surface area contributed by atoms with E-state index in [1.165, 1.54) is 0 Å². The smallest absolute Gasteiger partial charge is 0.325 e. The Hall–Kier alpha value is -2.90. The molecule has 0 atom stereocenters. The summed E-state index contributed by atoms with van der Waals surface area (Å²) in [4.78, 5) is 54.0. The second-order valence-electron chi connectivity index (χ2n) is 11.0. The van der Waals surface area contributed by atoms with Crippen molar-refractivity contribution < 1.29 is 19.2 Å². The number of rotatable bonds is 7. The molecule has 2 aliphatic heterocycles. The SMILES string of the molecule is CCC(C)(C)C1CCC2(CC1)NC(=O)N(CC(=O)NCc1cccc(C(=O)N3CCCC3)c1)C2=O. The number of nitrogens with zero attached hydrogens (tertiary/aromatic N) is 2. The lowest BCUT2D eigenvalue weighted by Crippen LogP contribution is -2.51. The van der Waals surface area contributed by atoms with E-state index in [4.69, 9.17) is 0 Å². The Morgan fingerprint density at radius 3 is 2.49 bits per heavy atom. The van der Waals surface area contributed by atoms with Crippen LogP contribution in [-0.4, -0.2) is 58.7 Å². The molecule has 3 fully saturated rings. The van der Waals surface area contributed by atoms with E-state index in [1.54, 1.807) is 12.1 Å². The van der Waals surface area contributed by atoms with E-state index in [0.717, 1.165) is 55.7 Å². The zero-order chi connectivity index (χ0) is 25.2. The zero-order valence-electron chi connectivity index (χ0n) is 21.2. The summed E-state index contributed by atoms with van der Waals surface area (Å²) in [5.74, 6) is -0.156. The van der Waals surface area contributed by atoms with Gasteiger partial charge in [-0.05, 0) is 67.6 Å². The van der Waals surface area contributed by atoms with Crippen LogP contribution in [0.3, 0.4) is 0 Å². The third kappa shape index (κ3) is 5.21. The van der Waals surface area contributed by atoms with Crippen molar-refractivity contribution in [1.29, 1.82) is 0 Å². The standard InChI is InChI=1S/C27H38N4O4/c1-4-26(2,3)21-10-12-27(13-11-21)24(34)31(25(35)29-27)18-22(32)28-17-19-8-7-9-20(16-19)23(33)30-14-5-6-15-30/h7-9,16,21H,4-6,10-15,17-18H2,1-3H3,(H,28,32)(H,29,35). The maximum Gasteiger partial charge on any atom is 0.325 e. The fourth-order valence-corrected chi connectivity index (χ4v) is 5.66. The van der Waals surface area contributed by atoms with Crippen molar-refractivity contribution in [2.24, 2.45) is 11.3 Å². The van der Waals surface area contributed by atoms with Crippen molar-refractivity contribution >= 4 is 23.8 Å². The highest BCUT2D eigenvalue weighted by Gasteiger charge is 2.53. The highest BCUT2D eigenvalue weighted by Crippen LogP contribution is 2.45. The minimum Gasteiger partial charge on any atom is -0.350 e. The van der Waals surface area contributed by atoms with E-state index in [0.29, 0.717) is 24.3 Å². The van der Waals surface area contributed by atoms with Gasteiger partial charge in [0.1, 0.15) is 12.1 Å². The molecule has 1 spiro atoms. The van der Waals surface area contributed by atoms with Crippen LogP contribution in [0, 0.1) is 11.3 Å². The van der Waals surface area contributed by atoms with Gasteiger partial charge >= 0.3 is 6.03 Å². The number of amides is 5. The van der Waals surface area contributed by atoms with E-state index in [-0.39, 0.29) is 30.3 Å². The number of urea groups is 1. The number of hydrogen-bond acceptors (Lipinski definition) is 4. The number of carbonyl (C=O) groups excluding carboxylic acids is 4. The van der Waals surface area contributed by atoms with Gasteiger partial charge in [-0.15, -0.1) is 0 Å². The normalized spacial score (nSPS) is 24.7. The first-order chi connectivity index (χ1) is 16.6. The number of hydrogen-bond donors (Lipinski definition) is 2. The van der Waals surface area contributed by atoms with Crippen LogP contribution >= 0.6 is 0 Å². The van der Waals surface area contributed by atoms with Crippen LogP contribution in [0.25, 0.3) is 0 Å². The molecule has 5 amide bonds. The first-order valence-electron chi connectivity index (χ1n) is 12.9. The minimum atomic E-state index is -0.873. The summed E-state index contributed by atoms with van der Waals surface area (Å²) in [5.41, 5.74) is 0.746. The molecule has 4 rings (SSSR count). The van der Waals surface area contributed by atoms with Gasteiger partial charge in [0.2, 0.25) is 5.91 Å². The zero-order valence-corrected chi connectivity index (χ0v) is 21.2. The Bertz CT molecular complexity index is 991. The molecule has 2 heterocycles. The van der Waals surface area contributed by atoms with Crippen molar-refractivity contribution in [2.75, 3.05) is 19.6 Å². The molecular weight excluding hydrogens is 444 g/mol. The fraction of sp³-hybridized carbons (Fsp3) is 0.630. The van der Waals surface area contributed by atoms with Crippen molar-refractivity contribution in [3.63, 3.8) is 0 Å².